The SMILES string of the molecule is COC(=O)NC(=O)[C@H](C)OC(=O)c1cc(Cl)c2c(c1)OCCO2. The summed E-state index contributed by atoms with van der Waals surface area (Å²) in [7, 11) is 1.11. The van der Waals surface area contributed by atoms with Crippen LogP contribution in [-0.4, -0.2) is 44.4 Å². The normalized spacial score (nSPS) is 13.7. The van der Waals surface area contributed by atoms with Gasteiger partial charge in [0.15, 0.2) is 17.6 Å². The van der Waals surface area contributed by atoms with Gasteiger partial charge in [-0.2, -0.15) is 0 Å². The van der Waals surface area contributed by atoms with Crippen LogP contribution in [0.25, 0.3) is 0 Å². The van der Waals surface area contributed by atoms with Crippen molar-refractivity contribution >= 4 is 29.6 Å². The highest BCUT2D eigenvalue weighted by molar-refractivity contribution is 6.32. The van der Waals surface area contributed by atoms with Gasteiger partial charge in [0.25, 0.3) is 5.91 Å². The molecule has 2 amide bonds. The predicted molar refractivity (Wildman–Crippen MR) is 77.9 cm³/mol. The molecule has 1 heterocycles. The zero-order valence-electron chi connectivity index (χ0n) is 12.4. The standard InChI is InChI=1S/C14H14ClNO7/c1-7(12(17)16-14(19)20-2)23-13(18)8-5-9(15)11-10(6-8)21-3-4-22-11/h5-7H,3-4H2,1-2H3,(H,16,17,19)/t7-/m0/s1. The minimum Gasteiger partial charge on any atom is -0.486 e. The van der Waals surface area contributed by atoms with Crippen LogP contribution in [0.5, 0.6) is 11.5 Å². The van der Waals surface area contributed by atoms with E-state index < -0.39 is 24.1 Å². The number of amides is 2. The smallest absolute Gasteiger partial charge is 0.413 e. The number of alkyl carbamates (subject to hydrolysis) is 1. The first-order valence-electron chi connectivity index (χ1n) is 6.61. The van der Waals surface area contributed by atoms with E-state index in [-0.39, 0.29) is 10.6 Å². The number of carbonyl (C=O) groups excluding carboxylic acids is 3. The van der Waals surface area contributed by atoms with Gasteiger partial charge in [-0.05, 0) is 19.1 Å². The first kappa shape index (κ1) is 16.9. The molecule has 0 aliphatic carbocycles. The number of rotatable bonds is 3. The van der Waals surface area contributed by atoms with Crippen LogP contribution in [-0.2, 0) is 14.3 Å². The molecule has 8 nitrogen and oxygen atoms in total. The second kappa shape index (κ2) is 7.19. The molecule has 1 aromatic carbocycles. The maximum atomic E-state index is 12.1. The van der Waals surface area contributed by atoms with E-state index in [1.165, 1.54) is 19.1 Å². The van der Waals surface area contributed by atoms with Gasteiger partial charge in [-0.15, -0.1) is 0 Å². The van der Waals surface area contributed by atoms with Gasteiger partial charge in [0.1, 0.15) is 13.2 Å². The van der Waals surface area contributed by atoms with Crippen LogP contribution in [0, 0.1) is 0 Å². The quantitative estimate of drug-likeness (QED) is 0.831. The zero-order valence-corrected chi connectivity index (χ0v) is 13.1. The first-order valence-corrected chi connectivity index (χ1v) is 6.99. The third-order valence-corrected chi connectivity index (χ3v) is 3.18. The monoisotopic (exact) mass is 343 g/mol. The number of carbonyl (C=O) groups is 3. The summed E-state index contributed by atoms with van der Waals surface area (Å²) < 4.78 is 20.0. The number of imide groups is 1. The van der Waals surface area contributed by atoms with Crippen molar-refractivity contribution in [3.8, 4) is 11.5 Å². The Labute approximate surface area is 136 Å². The highest BCUT2D eigenvalue weighted by Gasteiger charge is 2.24. The Morgan fingerprint density at radius 2 is 1.96 bits per heavy atom. The average Bonchev–Trinajstić information content (AvgIpc) is 2.54. The van der Waals surface area contributed by atoms with E-state index in [9.17, 15) is 14.4 Å². The largest absolute Gasteiger partial charge is 0.486 e. The molecule has 9 heteroatoms. The Kier molecular flexibility index (Phi) is 5.28. The van der Waals surface area contributed by atoms with Gasteiger partial charge in [0, 0.05) is 0 Å². The number of esters is 1. The molecular weight excluding hydrogens is 330 g/mol. The molecule has 1 N–H and O–H groups in total. The summed E-state index contributed by atoms with van der Waals surface area (Å²) in [6.07, 6.45) is -2.14. The van der Waals surface area contributed by atoms with E-state index in [0.717, 1.165) is 7.11 Å². The molecule has 1 aromatic rings. The van der Waals surface area contributed by atoms with Crippen molar-refractivity contribution < 1.29 is 33.3 Å². The molecule has 2 rings (SSSR count). The number of benzene rings is 1. The summed E-state index contributed by atoms with van der Waals surface area (Å²) in [6, 6.07) is 2.76. The van der Waals surface area contributed by atoms with Crippen molar-refractivity contribution in [2.24, 2.45) is 0 Å². The van der Waals surface area contributed by atoms with Crippen LogP contribution in [0.2, 0.25) is 5.02 Å². The predicted octanol–water partition coefficient (Wildman–Crippen LogP) is 1.54. The van der Waals surface area contributed by atoms with E-state index in [1.807, 2.05) is 5.32 Å². The number of halogens is 1. The molecule has 124 valence electrons. The lowest BCUT2D eigenvalue weighted by Crippen LogP contribution is -2.39. The van der Waals surface area contributed by atoms with E-state index in [1.54, 1.807) is 0 Å². The summed E-state index contributed by atoms with van der Waals surface area (Å²) in [4.78, 5) is 34.6. The third-order valence-electron chi connectivity index (χ3n) is 2.90. The maximum Gasteiger partial charge on any atom is 0.413 e. The molecule has 0 spiro atoms. The van der Waals surface area contributed by atoms with Gasteiger partial charge in [0.2, 0.25) is 0 Å². The number of ether oxygens (including phenoxy) is 4. The van der Waals surface area contributed by atoms with E-state index >= 15 is 0 Å². The van der Waals surface area contributed by atoms with Crippen molar-refractivity contribution in [1.29, 1.82) is 0 Å². The van der Waals surface area contributed by atoms with Gasteiger partial charge in [0.05, 0.1) is 17.7 Å². The first-order chi connectivity index (χ1) is 10.9. The van der Waals surface area contributed by atoms with Gasteiger partial charge < -0.3 is 18.9 Å². The summed E-state index contributed by atoms with van der Waals surface area (Å²) in [5.74, 6) is -0.932. The number of fused-ring (bicyclic) bond motifs is 1. The number of nitrogens with one attached hydrogen (secondary N) is 1. The summed E-state index contributed by atoms with van der Waals surface area (Å²) in [6.45, 7) is 2.01. The van der Waals surface area contributed by atoms with Gasteiger partial charge in [-0.3, -0.25) is 10.1 Å². The molecule has 0 unspecified atom stereocenters. The minimum atomic E-state index is -1.20. The van der Waals surface area contributed by atoms with Crippen LogP contribution in [0.4, 0.5) is 4.79 Å². The van der Waals surface area contributed by atoms with Gasteiger partial charge >= 0.3 is 12.1 Å². The zero-order chi connectivity index (χ0) is 17.0. The van der Waals surface area contributed by atoms with Crippen LogP contribution in [0.1, 0.15) is 17.3 Å². The molecule has 1 aliphatic heterocycles. The summed E-state index contributed by atoms with van der Waals surface area (Å²) >= 11 is 6.02. The topological polar surface area (TPSA) is 100 Å². The van der Waals surface area contributed by atoms with Gasteiger partial charge in [-0.1, -0.05) is 11.6 Å². The average molecular weight is 344 g/mol. The van der Waals surface area contributed by atoms with Crippen molar-refractivity contribution in [3.05, 3.63) is 22.7 Å². The van der Waals surface area contributed by atoms with Crippen LogP contribution in [0.15, 0.2) is 12.1 Å². The lowest BCUT2D eigenvalue weighted by atomic mass is 10.2. The van der Waals surface area contributed by atoms with Crippen molar-refractivity contribution in [1.82, 2.24) is 5.32 Å². The molecular formula is C14H14ClNO7. The van der Waals surface area contributed by atoms with E-state index in [4.69, 9.17) is 25.8 Å². The van der Waals surface area contributed by atoms with E-state index in [0.29, 0.717) is 24.7 Å². The number of hydrogen-bond acceptors (Lipinski definition) is 7. The fourth-order valence-electron chi connectivity index (χ4n) is 1.76. The molecule has 1 aliphatic rings. The lowest BCUT2D eigenvalue weighted by Gasteiger charge is -2.20. The molecule has 0 saturated heterocycles. The minimum absolute atomic E-state index is 0.0944. The third kappa shape index (κ3) is 4.04. The molecule has 0 bridgehead atoms. The Morgan fingerprint density at radius 3 is 2.65 bits per heavy atom. The van der Waals surface area contributed by atoms with Crippen LogP contribution in [0.3, 0.4) is 0 Å². The fraction of sp³-hybridized carbons (Fsp3) is 0.357. The summed E-state index contributed by atoms with van der Waals surface area (Å²) in [5.41, 5.74) is 0.0944. The fourth-order valence-corrected chi connectivity index (χ4v) is 2.03. The molecule has 0 fully saturated rings. The molecule has 23 heavy (non-hydrogen) atoms. The van der Waals surface area contributed by atoms with E-state index in [2.05, 4.69) is 4.74 Å². The Morgan fingerprint density at radius 1 is 1.26 bits per heavy atom. The van der Waals surface area contributed by atoms with Crippen LogP contribution >= 0.6 is 11.6 Å². The lowest BCUT2D eigenvalue weighted by molar-refractivity contribution is -0.128. The van der Waals surface area contributed by atoms with Crippen molar-refractivity contribution in [2.45, 2.75) is 13.0 Å². The van der Waals surface area contributed by atoms with Gasteiger partial charge in [-0.25, -0.2) is 9.59 Å². The Bertz CT molecular complexity index is 646. The molecule has 1 atom stereocenters. The van der Waals surface area contributed by atoms with Crippen molar-refractivity contribution in [3.63, 3.8) is 0 Å². The van der Waals surface area contributed by atoms with Crippen molar-refractivity contribution in [2.75, 3.05) is 20.3 Å². The molecule has 0 radical (unpaired) electrons. The molecule has 0 aromatic heterocycles. The summed E-state index contributed by atoms with van der Waals surface area (Å²) in [5, 5.41) is 2.09. The maximum absolute atomic E-state index is 12.1. The second-order valence-electron chi connectivity index (χ2n) is 4.51. The Balaban J connectivity index is 2.07. The Hall–Kier alpha value is -2.48. The second-order valence-corrected chi connectivity index (χ2v) is 4.92. The number of methoxy groups -OCH3 is 1. The highest BCUT2D eigenvalue weighted by atomic mass is 35.5. The molecule has 0 saturated carbocycles. The highest BCUT2D eigenvalue weighted by Crippen LogP contribution is 2.38. The number of hydrogen-bond donors (Lipinski definition) is 1. The van der Waals surface area contributed by atoms with Crippen LogP contribution < -0.4 is 14.8 Å².